The first kappa shape index (κ1) is 15.9. The van der Waals surface area contributed by atoms with Crippen LogP contribution in [0.3, 0.4) is 0 Å². The fraction of sp³-hybridized carbons (Fsp3) is 0.214. The Balaban J connectivity index is 2.62. The third kappa shape index (κ3) is 2.94. The second-order valence-electron chi connectivity index (χ2n) is 4.54. The zero-order valence-electron chi connectivity index (χ0n) is 11.1. The molecule has 0 fully saturated rings. The van der Waals surface area contributed by atoms with Crippen molar-refractivity contribution >= 4 is 29.0 Å². The Bertz CT molecular complexity index is 720. The summed E-state index contributed by atoms with van der Waals surface area (Å²) in [5, 5.41) is 0.702. The fourth-order valence-corrected chi connectivity index (χ4v) is 2.67. The van der Waals surface area contributed by atoms with Crippen molar-refractivity contribution in [2.24, 2.45) is 0 Å². The molecule has 2 nitrogen and oxygen atoms in total. The summed E-state index contributed by atoms with van der Waals surface area (Å²) in [4.78, 5) is 11.4. The highest BCUT2D eigenvalue weighted by molar-refractivity contribution is 6.35. The maximum absolute atomic E-state index is 12.6. The van der Waals surface area contributed by atoms with Crippen LogP contribution in [0.25, 0.3) is 5.69 Å². The van der Waals surface area contributed by atoms with E-state index in [-0.39, 0.29) is 16.3 Å². The molecule has 1 aromatic carbocycles. The van der Waals surface area contributed by atoms with Gasteiger partial charge >= 0.3 is 6.18 Å². The number of aromatic nitrogens is 1. The summed E-state index contributed by atoms with van der Waals surface area (Å²) in [7, 11) is 0. The van der Waals surface area contributed by atoms with E-state index in [1.54, 1.807) is 19.1 Å². The second-order valence-corrected chi connectivity index (χ2v) is 5.39. The number of rotatable bonds is 2. The quantitative estimate of drug-likeness (QED) is 0.696. The summed E-state index contributed by atoms with van der Waals surface area (Å²) in [6.45, 7) is 3.04. The number of benzene rings is 1. The Hall–Kier alpha value is -1.46. The van der Waals surface area contributed by atoms with Gasteiger partial charge in [-0.15, -0.1) is 0 Å². The van der Waals surface area contributed by atoms with Crippen LogP contribution in [0.4, 0.5) is 13.2 Å². The minimum absolute atomic E-state index is 0.180. The van der Waals surface area contributed by atoms with Crippen molar-refractivity contribution in [3.05, 3.63) is 51.3 Å². The van der Waals surface area contributed by atoms with Gasteiger partial charge in [0.1, 0.15) is 0 Å². The molecule has 0 aliphatic carbocycles. The second kappa shape index (κ2) is 5.39. The first-order valence-electron chi connectivity index (χ1n) is 5.89. The smallest absolute Gasteiger partial charge is 0.316 e. The van der Waals surface area contributed by atoms with Crippen molar-refractivity contribution in [1.29, 1.82) is 0 Å². The summed E-state index contributed by atoms with van der Waals surface area (Å²) >= 11 is 11.9. The highest BCUT2D eigenvalue weighted by Gasteiger charge is 2.41. The molecular formula is C14H10Cl2F3NO. The molecule has 112 valence electrons. The van der Waals surface area contributed by atoms with E-state index in [2.05, 4.69) is 0 Å². The third-order valence-electron chi connectivity index (χ3n) is 3.08. The summed E-state index contributed by atoms with van der Waals surface area (Å²) < 4.78 is 39.3. The van der Waals surface area contributed by atoms with Gasteiger partial charge in [-0.1, -0.05) is 23.2 Å². The standard InChI is InChI=1S/C14H10Cl2F3NO/c1-7-5-10(13(21)14(17,18)19)8(2)20(7)12-4-3-9(15)6-11(12)16/h3-6H,1-2H3. The first-order chi connectivity index (χ1) is 9.62. The van der Waals surface area contributed by atoms with Crippen LogP contribution in [0, 0.1) is 13.8 Å². The van der Waals surface area contributed by atoms with Gasteiger partial charge in [0.05, 0.1) is 10.7 Å². The number of carbonyl (C=O) groups is 1. The van der Waals surface area contributed by atoms with Crippen LogP contribution in [-0.2, 0) is 0 Å². The van der Waals surface area contributed by atoms with E-state index in [0.29, 0.717) is 16.4 Å². The van der Waals surface area contributed by atoms with E-state index in [0.717, 1.165) is 0 Å². The molecule has 2 rings (SSSR count). The molecule has 1 heterocycles. The van der Waals surface area contributed by atoms with Crippen molar-refractivity contribution in [2.75, 3.05) is 0 Å². The molecule has 0 saturated carbocycles. The van der Waals surface area contributed by atoms with E-state index < -0.39 is 12.0 Å². The maximum Gasteiger partial charge on any atom is 0.454 e. The van der Waals surface area contributed by atoms with Gasteiger partial charge in [0.25, 0.3) is 5.78 Å². The highest BCUT2D eigenvalue weighted by Crippen LogP contribution is 2.31. The topological polar surface area (TPSA) is 22.0 Å². The molecule has 0 radical (unpaired) electrons. The molecule has 1 aromatic heterocycles. The Morgan fingerprint density at radius 1 is 1.14 bits per heavy atom. The number of Topliss-reactive ketones (excluding diaryl/α,β-unsaturated/α-hetero) is 1. The molecule has 0 N–H and O–H groups in total. The Kier molecular flexibility index (Phi) is 4.08. The summed E-state index contributed by atoms with van der Waals surface area (Å²) in [6, 6.07) is 5.86. The van der Waals surface area contributed by atoms with Crippen LogP contribution < -0.4 is 0 Å². The number of aryl methyl sites for hydroxylation is 1. The van der Waals surface area contributed by atoms with E-state index in [4.69, 9.17) is 23.2 Å². The number of halogens is 5. The largest absolute Gasteiger partial charge is 0.454 e. The van der Waals surface area contributed by atoms with Gasteiger partial charge in [-0.3, -0.25) is 4.79 Å². The molecule has 0 amide bonds. The normalized spacial score (nSPS) is 11.8. The van der Waals surface area contributed by atoms with E-state index >= 15 is 0 Å². The Labute approximate surface area is 129 Å². The van der Waals surface area contributed by atoms with Gasteiger partial charge in [-0.05, 0) is 38.1 Å². The predicted molar refractivity (Wildman–Crippen MR) is 75.6 cm³/mol. The minimum atomic E-state index is -4.91. The van der Waals surface area contributed by atoms with E-state index in [1.807, 2.05) is 0 Å². The number of carbonyl (C=O) groups excluding carboxylic acids is 1. The molecule has 0 aliphatic heterocycles. The number of nitrogens with zero attached hydrogens (tertiary/aromatic N) is 1. The summed E-state index contributed by atoms with van der Waals surface area (Å²) in [6.07, 6.45) is -4.91. The Morgan fingerprint density at radius 3 is 2.29 bits per heavy atom. The first-order valence-corrected chi connectivity index (χ1v) is 6.64. The maximum atomic E-state index is 12.6. The zero-order valence-corrected chi connectivity index (χ0v) is 12.6. The lowest BCUT2D eigenvalue weighted by Crippen LogP contribution is -2.23. The molecule has 7 heteroatoms. The average Bonchev–Trinajstić information content (AvgIpc) is 2.64. The van der Waals surface area contributed by atoms with Gasteiger partial charge in [0.15, 0.2) is 0 Å². The van der Waals surface area contributed by atoms with Crippen LogP contribution in [0.2, 0.25) is 10.0 Å². The SMILES string of the molecule is Cc1cc(C(=O)C(F)(F)F)c(C)n1-c1ccc(Cl)cc1Cl. The molecule has 0 unspecified atom stereocenters. The lowest BCUT2D eigenvalue weighted by Gasteiger charge is -2.12. The van der Waals surface area contributed by atoms with Gasteiger partial charge < -0.3 is 4.57 Å². The number of hydrogen-bond donors (Lipinski definition) is 0. The molecule has 0 spiro atoms. The fourth-order valence-electron chi connectivity index (χ4n) is 2.18. The molecular weight excluding hydrogens is 326 g/mol. The predicted octanol–water partition coefficient (Wildman–Crippen LogP) is 5.15. The van der Waals surface area contributed by atoms with E-state index in [1.165, 1.54) is 23.6 Å². The molecule has 0 bridgehead atoms. The Morgan fingerprint density at radius 2 is 1.76 bits per heavy atom. The van der Waals surface area contributed by atoms with Crippen molar-refractivity contribution in [1.82, 2.24) is 4.57 Å². The van der Waals surface area contributed by atoms with Crippen molar-refractivity contribution < 1.29 is 18.0 Å². The monoisotopic (exact) mass is 335 g/mol. The number of ketones is 1. The van der Waals surface area contributed by atoms with Crippen LogP contribution in [0.1, 0.15) is 21.7 Å². The molecule has 0 aliphatic rings. The van der Waals surface area contributed by atoms with Crippen molar-refractivity contribution in [3.63, 3.8) is 0 Å². The van der Waals surface area contributed by atoms with Crippen LogP contribution in [-0.4, -0.2) is 16.5 Å². The van der Waals surface area contributed by atoms with Gasteiger partial charge in [-0.25, -0.2) is 0 Å². The molecule has 0 saturated heterocycles. The van der Waals surface area contributed by atoms with Gasteiger partial charge in [-0.2, -0.15) is 13.2 Å². The van der Waals surface area contributed by atoms with Gasteiger partial charge in [0.2, 0.25) is 0 Å². The minimum Gasteiger partial charge on any atom is -0.316 e. The van der Waals surface area contributed by atoms with Gasteiger partial charge in [0, 0.05) is 22.0 Å². The highest BCUT2D eigenvalue weighted by atomic mass is 35.5. The lowest BCUT2D eigenvalue weighted by atomic mass is 10.1. The lowest BCUT2D eigenvalue weighted by molar-refractivity contribution is -0.0885. The zero-order chi connectivity index (χ0) is 15.9. The third-order valence-corrected chi connectivity index (χ3v) is 3.62. The van der Waals surface area contributed by atoms with Crippen LogP contribution in [0.5, 0.6) is 0 Å². The molecule has 0 atom stereocenters. The summed E-state index contributed by atoms with van der Waals surface area (Å²) in [5.41, 5.74) is 0.742. The van der Waals surface area contributed by atoms with Crippen LogP contribution >= 0.6 is 23.2 Å². The number of alkyl halides is 3. The average molecular weight is 336 g/mol. The number of hydrogen-bond acceptors (Lipinski definition) is 1. The summed E-state index contributed by atoms with van der Waals surface area (Å²) in [5.74, 6) is -1.87. The van der Waals surface area contributed by atoms with Crippen molar-refractivity contribution in [2.45, 2.75) is 20.0 Å². The molecule has 21 heavy (non-hydrogen) atoms. The molecule has 2 aromatic rings. The van der Waals surface area contributed by atoms with Crippen LogP contribution in [0.15, 0.2) is 24.3 Å². The van der Waals surface area contributed by atoms with Crippen molar-refractivity contribution in [3.8, 4) is 5.69 Å². The van der Waals surface area contributed by atoms with E-state index in [9.17, 15) is 18.0 Å².